The smallest absolute Gasteiger partial charge is 0.306 e. The molecule has 0 fully saturated rings. The quantitative estimate of drug-likeness (QED) is 0.0262. The van der Waals surface area contributed by atoms with Crippen LogP contribution in [0.3, 0.4) is 0 Å². The van der Waals surface area contributed by atoms with E-state index in [-0.39, 0.29) is 37.5 Å². The van der Waals surface area contributed by atoms with Gasteiger partial charge in [-0.05, 0) is 122 Å². The Hall–Kier alpha value is -3.93. The number of rotatable bonds is 50. The number of esters is 3. The van der Waals surface area contributed by atoms with Crippen LogP contribution in [0, 0.1) is 0 Å². The molecule has 0 aromatic heterocycles. The summed E-state index contributed by atoms with van der Waals surface area (Å²) in [6, 6.07) is 0. The first-order valence-electron chi connectivity index (χ1n) is 28.4. The second kappa shape index (κ2) is 56.7. The zero-order valence-corrected chi connectivity index (χ0v) is 44.8. The van der Waals surface area contributed by atoms with Crippen LogP contribution in [-0.4, -0.2) is 37.2 Å². The molecule has 1 unspecified atom stereocenters. The molecule has 0 heterocycles. The standard InChI is InChI=1S/C63H104O6/c1-4-7-10-13-16-19-22-25-28-30-31-33-35-38-41-44-47-50-53-56-62(65)68-59-60(58-67-61(64)55-52-49-46-43-40-37-34-27-24-21-18-15-12-9-6-3)69-63(66)57-54-51-48-45-42-39-36-32-29-26-23-20-17-14-11-8-5-2/h7,10,16,19,21,24-26,28-29,31,33,36,38-39,41,45,48,60H,4-6,8-9,11-15,17-18,20,22-23,27,30,32,34-35,37,40,42-44,46-47,49-59H2,1-3H3/b10-7-,19-16-,24-21-,28-25-,29-26-,33-31-,39-36-,41-38-,48-45-. The van der Waals surface area contributed by atoms with Crippen molar-refractivity contribution < 1.29 is 28.6 Å². The van der Waals surface area contributed by atoms with E-state index in [4.69, 9.17) is 14.2 Å². The Morgan fingerprint density at radius 1 is 0.304 bits per heavy atom. The Morgan fingerprint density at radius 2 is 0.580 bits per heavy atom. The Bertz CT molecular complexity index is 1420. The van der Waals surface area contributed by atoms with Gasteiger partial charge in [0.15, 0.2) is 6.10 Å². The minimum atomic E-state index is -0.822. The van der Waals surface area contributed by atoms with Gasteiger partial charge < -0.3 is 14.2 Å². The topological polar surface area (TPSA) is 78.9 Å². The third-order valence-electron chi connectivity index (χ3n) is 11.7. The minimum Gasteiger partial charge on any atom is -0.462 e. The normalized spacial score (nSPS) is 12.9. The Balaban J connectivity index is 4.54. The molecule has 0 bridgehead atoms. The van der Waals surface area contributed by atoms with Crippen molar-refractivity contribution >= 4 is 17.9 Å². The van der Waals surface area contributed by atoms with Crippen LogP contribution in [0.15, 0.2) is 109 Å². The fraction of sp³-hybridized carbons (Fsp3) is 0.667. The summed E-state index contributed by atoms with van der Waals surface area (Å²) in [4.78, 5) is 38.1. The van der Waals surface area contributed by atoms with Gasteiger partial charge in [-0.3, -0.25) is 14.4 Å². The number of allylic oxidation sites excluding steroid dienone is 18. The van der Waals surface area contributed by atoms with E-state index in [0.717, 1.165) is 96.3 Å². The molecule has 392 valence electrons. The van der Waals surface area contributed by atoms with Crippen molar-refractivity contribution in [1.29, 1.82) is 0 Å². The average Bonchev–Trinajstić information content (AvgIpc) is 3.35. The summed E-state index contributed by atoms with van der Waals surface area (Å²) in [5, 5.41) is 0. The predicted octanol–water partition coefficient (Wildman–Crippen LogP) is 19.1. The number of hydrogen-bond acceptors (Lipinski definition) is 6. The molecule has 0 radical (unpaired) electrons. The molecule has 0 aliphatic rings. The van der Waals surface area contributed by atoms with Gasteiger partial charge in [0.25, 0.3) is 0 Å². The van der Waals surface area contributed by atoms with E-state index in [0.29, 0.717) is 19.3 Å². The Labute approximate surface area is 425 Å². The summed E-state index contributed by atoms with van der Waals surface area (Å²) in [7, 11) is 0. The van der Waals surface area contributed by atoms with Gasteiger partial charge in [0.1, 0.15) is 13.2 Å². The van der Waals surface area contributed by atoms with E-state index in [1.165, 1.54) is 109 Å². The van der Waals surface area contributed by atoms with Gasteiger partial charge in [-0.15, -0.1) is 0 Å². The molecule has 6 nitrogen and oxygen atoms in total. The van der Waals surface area contributed by atoms with Crippen LogP contribution in [0.4, 0.5) is 0 Å². The van der Waals surface area contributed by atoms with E-state index in [2.05, 4.69) is 130 Å². The lowest BCUT2D eigenvalue weighted by atomic mass is 10.1. The highest BCUT2D eigenvalue weighted by atomic mass is 16.6. The summed E-state index contributed by atoms with van der Waals surface area (Å²) < 4.78 is 16.8. The van der Waals surface area contributed by atoms with Crippen molar-refractivity contribution in [3.05, 3.63) is 109 Å². The molecule has 0 rings (SSSR count). The van der Waals surface area contributed by atoms with E-state index >= 15 is 0 Å². The van der Waals surface area contributed by atoms with Gasteiger partial charge in [-0.2, -0.15) is 0 Å². The lowest BCUT2D eigenvalue weighted by molar-refractivity contribution is -0.167. The molecule has 0 saturated heterocycles. The van der Waals surface area contributed by atoms with Crippen molar-refractivity contribution in [2.45, 2.75) is 258 Å². The molecule has 0 N–H and O–H groups in total. The van der Waals surface area contributed by atoms with Crippen LogP contribution in [0.2, 0.25) is 0 Å². The fourth-order valence-corrected chi connectivity index (χ4v) is 7.48. The summed E-state index contributed by atoms with van der Waals surface area (Å²) >= 11 is 0. The predicted molar refractivity (Wildman–Crippen MR) is 297 cm³/mol. The molecular weight excluding hydrogens is 853 g/mol. The highest BCUT2D eigenvalue weighted by molar-refractivity contribution is 5.71. The third-order valence-corrected chi connectivity index (χ3v) is 11.7. The molecule has 0 aromatic carbocycles. The van der Waals surface area contributed by atoms with Gasteiger partial charge in [0.05, 0.1) is 0 Å². The Morgan fingerprint density at radius 3 is 0.971 bits per heavy atom. The maximum atomic E-state index is 12.8. The van der Waals surface area contributed by atoms with Gasteiger partial charge >= 0.3 is 17.9 Å². The molecule has 0 amide bonds. The maximum absolute atomic E-state index is 12.8. The van der Waals surface area contributed by atoms with Crippen molar-refractivity contribution in [3.8, 4) is 0 Å². The molecule has 6 heteroatoms. The summed E-state index contributed by atoms with van der Waals surface area (Å²) in [6.07, 6.45) is 76.5. The highest BCUT2D eigenvalue weighted by Gasteiger charge is 2.19. The minimum absolute atomic E-state index is 0.112. The Kier molecular flexibility index (Phi) is 53.4. The van der Waals surface area contributed by atoms with Gasteiger partial charge in [-0.1, -0.05) is 220 Å². The molecule has 69 heavy (non-hydrogen) atoms. The van der Waals surface area contributed by atoms with Crippen LogP contribution < -0.4 is 0 Å². The first kappa shape index (κ1) is 65.1. The average molecular weight is 958 g/mol. The fourth-order valence-electron chi connectivity index (χ4n) is 7.48. The van der Waals surface area contributed by atoms with Crippen molar-refractivity contribution in [2.24, 2.45) is 0 Å². The maximum Gasteiger partial charge on any atom is 0.306 e. The first-order chi connectivity index (χ1) is 34.0. The number of unbranched alkanes of at least 4 members (excludes halogenated alkanes) is 21. The lowest BCUT2D eigenvalue weighted by Crippen LogP contribution is -2.30. The second-order valence-corrected chi connectivity index (χ2v) is 18.5. The van der Waals surface area contributed by atoms with Crippen LogP contribution in [0.5, 0.6) is 0 Å². The zero-order chi connectivity index (χ0) is 50.0. The number of hydrogen-bond donors (Lipinski definition) is 0. The van der Waals surface area contributed by atoms with Crippen LogP contribution in [-0.2, 0) is 28.6 Å². The number of carbonyl (C=O) groups is 3. The molecular formula is C63H104O6. The largest absolute Gasteiger partial charge is 0.462 e. The molecule has 0 saturated carbocycles. The van der Waals surface area contributed by atoms with E-state index in [1.807, 2.05) is 0 Å². The summed E-state index contributed by atoms with van der Waals surface area (Å²) in [5.74, 6) is -1.00. The number of carbonyl (C=O) groups excluding carboxylic acids is 3. The highest BCUT2D eigenvalue weighted by Crippen LogP contribution is 2.13. The van der Waals surface area contributed by atoms with E-state index in [9.17, 15) is 14.4 Å². The molecule has 0 aliphatic heterocycles. The zero-order valence-electron chi connectivity index (χ0n) is 44.8. The van der Waals surface area contributed by atoms with Crippen LogP contribution in [0.25, 0.3) is 0 Å². The molecule has 1 atom stereocenters. The molecule has 0 spiro atoms. The van der Waals surface area contributed by atoms with Crippen molar-refractivity contribution in [3.63, 3.8) is 0 Å². The van der Waals surface area contributed by atoms with Crippen molar-refractivity contribution in [1.82, 2.24) is 0 Å². The number of ether oxygens (including phenoxy) is 3. The third kappa shape index (κ3) is 54.9. The first-order valence-corrected chi connectivity index (χ1v) is 28.4. The molecule has 0 aromatic rings. The molecule has 0 aliphatic carbocycles. The van der Waals surface area contributed by atoms with Crippen LogP contribution >= 0.6 is 0 Å². The van der Waals surface area contributed by atoms with Gasteiger partial charge in [0, 0.05) is 19.3 Å². The van der Waals surface area contributed by atoms with E-state index < -0.39 is 6.10 Å². The van der Waals surface area contributed by atoms with Crippen molar-refractivity contribution in [2.75, 3.05) is 13.2 Å². The van der Waals surface area contributed by atoms with Gasteiger partial charge in [0.2, 0.25) is 0 Å². The summed E-state index contributed by atoms with van der Waals surface area (Å²) in [5.41, 5.74) is 0. The summed E-state index contributed by atoms with van der Waals surface area (Å²) in [6.45, 7) is 6.43. The second-order valence-electron chi connectivity index (χ2n) is 18.5. The van der Waals surface area contributed by atoms with Gasteiger partial charge in [-0.25, -0.2) is 0 Å². The van der Waals surface area contributed by atoms with E-state index in [1.54, 1.807) is 0 Å². The van der Waals surface area contributed by atoms with Crippen LogP contribution in [0.1, 0.15) is 252 Å². The monoisotopic (exact) mass is 957 g/mol. The SMILES string of the molecule is CC/C=C\C/C=C\C/C=C\C/C=C\C/C=C\CCCCCC(=O)OCC(COC(=O)CCCCCCCCC/C=C\CCCCCC)OC(=O)CCC/C=C\C/C=C\C/C=C\CCCCCCCC. The lowest BCUT2D eigenvalue weighted by Gasteiger charge is -2.18.